The maximum absolute atomic E-state index is 3.63. The Morgan fingerprint density at radius 1 is 1.04 bits per heavy atom. The van der Waals surface area contributed by atoms with Gasteiger partial charge >= 0.3 is 0 Å². The topological polar surface area (TPSA) is 28.5 Å². The summed E-state index contributed by atoms with van der Waals surface area (Å²) in [5.74, 6) is 0. The van der Waals surface area contributed by atoms with E-state index >= 15 is 0 Å². The Balaban J connectivity index is 1.46. The molecule has 2 aromatic heterocycles. The number of anilines is 1. The Hall–Kier alpha value is -2.26. The lowest BCUT2D eigenvalue weighted by Gasteiger charge is -2.13. The van der Waals surface area contributed by atoms with E-state index in [1.54, 1.807) is 16.8 Å². The van der Waals surface area contributed by atoms with Crippen LogP contribution in [0.15, 0.2) is 48.7 Å². The van der Waals surface area contributed by atoms with E-state index in [1.807, 2.05) is 7.05 Å². The summed E-state index contributed by atoms with van der Waals surface area (Å²) in [6, 6.07) is 15.2. The Kier molecular flexibility index (Phi) is 4.75. The van der Waals surface area contributed by atoms with Gasteiger partial charge in [0.25, 0.3) is 0 Å². The molecule has 0 fully saturated rings. The normalized spacial score (nSPS) is 13.8. The van der Waals surface area contributed by atoms with Crippen LogP contribution >= 0.6 is 0 Å². The molecule has 0 aliphatic heterocycles. The lowest BCUT2D eigenvalue weighted by Crippen LogP contribution is -2.17. The fourth-order valence-corrected chi connectivity index (χ4v) is 4.12. The van der Waals surface area contributed by atoms with Crippen LogP contribution in [0.4, 0.5) is 5.69 Å². The molecule has 0 saturated heterocycles. The largest absolute Gasteiger partial charge is 0.388 e. The lowest BCUT2D eigenvalue weighted by atomic mass is 9.93. The third kappa shape index (κ3) is 3.29. The van der Waals surface area contributed by atoms with Crippen molar-refractivity contribution in [2.45, 2.75) is 38.6 Å². The van der Waals surface area contributed by atoms with Crippen LogP contribution < -0.4 is 10.6 Å². The Labute approximate surface area is 150 Å². The van der Waals surface area contributed by atoms with E-state index in [0.717, 1.165) is 19.5 Å². The van der Waals surface area contributed by atoms with E-state index in [1.165, 1.54) is 42.5 Å². The van der Waals surface area contributed by atoms with Crippen LogP contribution in [0.5, 0.6) is 0 Å². The number of aromatic nitrogens is 1. The van der Waals surface area contributed by atoms with Gasteiger partial charge in [-0.05, 0) is 79.6 Å². The first kappa shape index (κ1) is 16.2. The van der Waals surface area contributed by atoms with Crippen LogP contribution in [0, 0.1) is 0 Å². The number of nitrogens with zero attached hydrogens (tertiary/aromatic N) is 1. The Morgan fingerprint density at radius 2 is 1.96 bits per heavy atom. The van der Waals surface area contributed by atoms with Crippen molar-refractivity contribution in [1.82, 2.24) is 9.72 Å². The van der Waals surface area contributed by atoms with E-state index in [2.05, 4.69) is 63.7 Å². The molecule has 0 bridgehead atoms. The SMILES string of the molecule is CNc1cccc(CNCCc2c3c(n4ccccc24)CCCC3)c1. The molecule has 1 aliphatic carbocycles. The second-order valence-corrected chi connectivity index (χ2v) is 6.94. The second kappa shape index (κ2) is 7.32. The number of pyridine rings is 1. The van der Waals surface area contributed by atoms with E-state index < -0.39 is 0 Å². The van der Waals surface area contributed by atoms with E-state index in [4.69, 9.17) is 0 Å². The molecule has 2 N–H and O–H groups in total. The van der Waals surface area contributed by atoms with Crippen LogP contribution in [0.2, 0.25) is 0 Å². The summed E-state index contributed by atoms with van der Waals surface area (Å²) < 4.78 is 2.43. The van der Waals surface area contributed by atoms with Crippen LogP contribution in [0.3, 0.4) is 0 Å². The molecule has 3 nitrogen and oxygen atoms in total. The molecule has 1 aliphatic rings. The van der Waals surface area contributed by atoms with Crippen molar-refractivity contribution in [2.75, 3.05) is 18.9 Å². The average molecular weight is 333 g/mol. The minimum Gasteiger partial charge on any atom is -0.388 e. The molecule has 2 heterocycles. The van der Waals surface area contributed by atoms with Gasteiger partial charge in [0, 0.05) is 36.7 Å². The molecule has 0 saturated carbocycles. The fraction of sp³-hybridized carbons (Fsp3) is 0.364. The lowest BCUT2D eigenvalue weighted by molar-refractivity contribution is 0.656. The predicted molar refractivity (Wildman–Crippen MR) is 105 cm³/mol. The monoisotopic (exact) mass is 333 g/mol. The standard InChI is InChI=1S/C22H27N3/c1-23-18-8-6-7-17(15-18)16-24-13-12-20-19-9-2-3-10-21(19)25-14-5-4-11-22(20)25/h4-8,11,14-15,23-24H,2-3,9-10,12-13,16H2,1H3. The fourth-order valence-electron chi connectivity index (χ4n) is 4.12. The van der Waals surface area contributed by atoms with Crippen LogP contribution in [-0.4, -0.2) is 18.0 Å². The van der Waals surface area contributed by atoms with Gasteiger partial charge in [-0.2, -0.15) is 0 Å². The van der Waals surface area contributed by atoms with Crippen LogP contribution in [0.1, 0.15) is 35.2 Å². The molecule has 3 heteroatoms. The zero-order valence-corrected chi connectivity index (χ0v) is 15.0. The molecule has 0 radical (unpaired) electrons. The molecule has 1 aromatic carbocycles. The predicted octanol–water partition coefficient (Wildman–Crippen LogP) is 4.19. The van der Waals surface area contributed by atoms with Crippen molar-refractivity contribution >= 4 is 11.2 Å². The Morgan fingerprint density at radius 3 is 2.88 bits per heavy atom. The van der Waals surface area contributed by atoms with Gasteiger partial charge in [0.15, 0.2) is 0 Å². The van der Waals surface area contributed by atoms with Gasteiger partial charge < -0.3 is 15.0 Å². The number of hydrogen-bond acceptors (Lipinski definition) is 2. The summed E-state index contributed by atoms with van der Waals surface area (Å²) in [7, 11) is 1.97. The first-order chi connectivity index (χ1) is 12.4. The summed E-state index contributed by atoms with van der Waals surface area (Å²) in [5, 5.41) is 6.83. The van der Waals surface area contributed by atoms with Crippen molar-refractivity contribution in [2.24, 2.45) is 0 Å². The van der Waals surface area contributed by atoms with Crippen molar-refractivity contribution in [1.29, 1.82) is 0 Å². The number of hydrogen-bond donors (Lipinski definition) is 2. The highest BCUT2D eigenvalue weighted by Gasteiger charge is 2.19. The van der Waals surface area contributed by atoms with Gasteiger partial charge in [0.05, 0.1) is 0 Å². The highest BCUT2D eigenvalue weighted by molar-refractivity contribution is 5.62. The quantitative estimate of drug-likeness (QED) is 0.662. The van der Waals surface area contributed by atoms with Gasteiger partial charge in [0.1, 0.15) is 0 Å². The summed E-state index contributed by atoms with van der Waals surface area (Å²) >= 11 is 0. The zero-order chi connectivity index (χ0) is 17.1. The molecular weight excluding hydrogens is 306 g/mol. The molecular formula is C22H27N3. The summed E-state index contributed by atoms with van der Waals surface area (Å²) in [4.78, 5) is 0. The molecule has 0 spiro atoms. The molecule has 130 valence electrons. The molecule has 0 amide bonds. The smallest absolute Gasteiger partial charge is 0.0488 e. The van der Waals surface area contributed by atoms with Gasteiger partial charge in [-0.3, -0.25) is 0 Å². The van der Waals surface area contributed by atoms with Gasteiger partial charge in [-0.1, -0.05) is 18.2 Å². The summed E-state index contributed by atoms with van der Waals surface area (Å²) in [5.41, 5.74) is 8.65. The zero-order valence-electron chi connectivity index (χ0n) is 15.0. The number of fused-ring (bicyclic) bond motifs is 3. The van der Waals surface area contributed by atoms with E-state index in [9.17, 15) is 0 Å². The van der Waals surface area contributed by atoms with E-state index in [-0.39, 0.29) is 0 Å². The molecule has 0 unspecified atom stereocenters. The van der Waals surface area contributed by atoms with Crippen molar-refractivity contribution < 1.29 is 0 Å². The van der Waals surface area contributed by atoms with E-state index in [0.29, 0.717) is 0 Å². The average Bonchev–Trinajstić information content (AvgIpc) is 2.99. The number of nitrogens with one attached hydrogen (secondary N) is 2. The number of benzene rings is 1. The van der Waals surface area contributed by atoms with Crippen molar-refractivity contribution in [3.8, 4) is 0 Å². The van der Waals surface area contributed by atoms with Gasteiger partial charge in [-0.15, -0.1) is 0 Å². The minimum absolute atomic E-state index is 0.920. The summed E-state index contributed by atoms with van der Waals surface area (Å²) in [6.45, 7) is 1.94. The molecule has 0 atom stereocenters. The van der Waals surface area contributed by atoms with Gasteiger partial charge in [0.2, 0.25) is 0 Å². The highest BCUT2D eigenvalue weighted by atomic mass is 14.9. The second-order valence-electron chi connectivity index (χ2n) is 6.94. The first-order valence-corrected chi connectivity index (χ1v) is 9.44. The van der Waals surface area contributed by atoms with Crippen molar-refractivity contribution in [3.05, 3.63) is 71.0 Å². The third-order valence-corrected chi connectivity index (χ3v) is 5.36. The molecule has 4 rings (SSSR count). The first-order valence-electron chi connectivity index (χ1n) is 9.44. The number of rotatable bonds is 6. The summed E-state index contributed by atoms with van der Waals surface area (Å²) in [6.07, 6.45) is 8.48. The highest BCUT2D eigenvalue weighted by Crippen LogP contribution is 2.30. The molecule has 25 heavy (non-hydrogen) atoms. The third-order valence-electron chi connectivity index (χ3n) is 5.36. The maximum Gasteiger partial charge on any atom is 0.0488 e. The minimum atomic E-state index is 0.920. The van der Waals surface area contributed by atoms with Gasteiger partial charge in [-0.25, -0.2) is 0 Å². The van der Waals surface area contributed by atoms with Crippen LogP contribution in [-0.2, 0) is 25.8 Å². The maximum atomic E-state index is 3.63. The molecule has 3 aromatic rings. The van der Waals surface area contributed by atoms with Crippen molar-refractivity contribution in [3.63, 3.8) is 0 Å². The van der Waals surface area contributed by atoms with Crippen LogP contribution in [0.25, 0.3) is 5.52 Å². The number of aryl methyl sites for hydroxylation is 1. The Bertz CT molecular complexity index is 863.